The van der Waals surface area contributed by atoms with Gasteiger partial charge in [-0.25, -0.2) is 8.42 Å². The monoisotopic (exact) mass is 424 g/mol. The molecule has 0 N–H and O–H groups in total. The lowest BCUT2D eigenvalue weighted by molar-refractivity contribution is 0.316. The van der Waals surface area contributed by atoms with E-state index in [1.807, 2.05) is 32.0 Å². The van der Waals surface area contributed by atoms with Gasteiger partial charge in [-0.05, 0) is 56.9 Å². The lowest BCUT2D eigenvalue weighted by Gasteiger charge is -2.31. The second-order valence-electron chi connectivity index (χ2n) is 7.90. The Hall–Kier alpha value is -2.51. The van der Waals surface area contributed by atoms with Gasteiger partial charge in [-0.3, -0.25) is 9.67 Å². The zero-order valence-corrected chi connectivity index (χ0v) is 18.6. The first-order valence-corrected chi connectivity index (χ1v) is 11.9. The molecule has 1 aliphatic rings. The summed E-state index contributed by atoms with van der Waals surface area (Å²) in [5, 5.41) is 4.30. The first kappa shape index (κ1) is 20.8. The minimum atomic E-state index is -3.52. The van der Waals surface area contributed by atoms with E-state index in [0.717, 1.165) is 29.8 Å². The number of pyridine rings is 1. The molecule has 1 saturated heterocycles. The van der Waals surface area contributed by atoms with Crippen LogP contribution in [0.1, 0.15) is 42.8 Å². The van der Waals surface area contributed by atoms with Gasteiger partial charge >= 0.3 is 0 Å². The van der Waals surface area contributed by atoms with Crippen molar-refractivity contribution in [2.75, 3.05) is 13.1 Å². The summed E-state index contributed by atoms with van der Waals surface area (Å²) in [4.78, 5) is 5.10. The fraction of sp³-hybridized carbons (Fsp3) is 0.391. The van der Waals surface area contributed by atoms with Crippen LogP contribution in [0, 0.1) is 13.8 Å². The highest BCUT2D eigenvalue weighted by molar-refractivity contribution is 7.89. The summed E-state index contributed by atoms with van der Waals surface area (Å²) < 4.78 is 29.5. The van der Waals surface area contributed by atoms with Crippen LogP contribution in [-0.4, -0.2) is 40.6 Å². The van der Waals surface area contributed by atoms with Crippen molar-refractivity contribution in [3.05, 3.63) is 65.7 Å². The SMILES string of the molecule is CCn1cc(S(=O)(=O)N2CCC(c3cc(-c4ccccc4)cc(C)n3)CC2)c(C)n1. The van der Waals surface area contributed by atoms with Gasteiger partial charge in [0.05, 0.1) is 5.69 Å². The molecule has 0 spiro atoms. The molecule has 158 valence electrons. The second kappa shape index (κ2) is 8.32. The highest BCUT2D eigenvalue weighted by atomic mass is 32.2. The van der Waals surface area contributed by atoms with E-state index in [2.05, 4.69) is 29.4 Å². The summed E-state index contributed by atoms with van der Waals surface area (Å²) in [5.41, 5.74) is 4.94. The Bertz CT molecular complexity index is 1130. The van der Waals surface area contributed by atoms with Crippen LogP contribution in [0.15, 0.2) is 53.6 Å². The number of aromatic nitrogens is 3. The molecule has 0 atom stereocenters. The molecular formula is C23H28N4O2S. The number of hydrogen-bond acceptors (Lipinski definition) is 4. The van der Waals surface area contributed by atoms with Crippen molar-refractivity contribution in [3.63, 3.8) is 0 Å². The van der Waals surface area contributed by atoms with Crippen molar-refractivity contribution in [2.24, 2.45) is 0 Å². The van der Waals surface area contributed by atoms with E-state index in [9.17, 15) is 8.42 Å². The largest absolute Gasteiger partial charge is 0.271 e. The highest BCUT2D eigenvalue weighted by Crippen LogP contribution is 2.32. The minimum absolute atomic E-state index is 0.262. The number of sulfonamides is 1. The van der Waals surface area contributed by atoms with E-state index >= 15 is 0 Å². The summed E-state index contributed by atoms with van der Waals surface area (Å²) in [7, 11) is -3.52. The Morgan fingerprint density at radius 2 is 1.73 bits per heavy atom. The highest BCUT2D eigenvalue weighted by Gasteiger charge is 2.32. The van der Waals surface area contributed by atoms with Gasteiger partial charge in [0.25, 0.3) is 0 Å². The minimum Gasteiger partial charge on any atom is -0.271 e. The van der Waals surface area contributed by atoms with E-state index in [4.69, 9.17) is 4.98 Å². The molecule has 0 amide bonds. The predicted octanol–water partition coefficient (Wildman–Crippen LogP) is 4.15. The first-order chi connectivity index (χ1) is 14.4. The normalized spacial score (nSPS) is 16.1. The number of aryl methyl sites for hydroxylation is 3. The number of rotatable bonds is 5. The number of piperidine rings is 1. The van der Waals surface area contributed by atoms with Gasteiger partial charge < -0.3 is 0 Å². The summed E-state index contributed by atoms with van der Waals surface area (Å²) in [5.74, 6) is 0.262. The van der Waals surface area contributed by atoms with Crippen LogP contribution in [0.4, 0.5) is 0 Å². The Morgan fingerprint density at radius 1 is 1.03 bits per heavy atom. The average molecular weight is 425 g/mol. The molecule has 3 heterocycles. The lowest BCUT2D eigenvalue weighted by atomic mass is 9.92. The van der Waals surface area contributed by atoms with Crippen molar-refractivity contribution < 1.29 is 8.42 Å². The van der Waals surface area contributed by atoms with Crippen LogP contribution in [-0.2, 0) is 16.6 Å². The van der Waals surface area contributed by atoms with E-state index in [-0.39, 0.29) is 5.92 Å². The second-order valence-corrected chi connectivity index (χ2v) is 9.81. The van der Waals surface area contributed by atoms with Gasteiger partial charge in [0.15, 0.2) is 0 Å². The maximum absolute atomic E-state index is 13.1. The zero-order valence-electron chi connectivity index (χ0n) is 17.7. The van der Waals surface area contributed by atoms with Crippen molar-refractivity contribution in [3.8, 4) is 11.1 Å². The van der Waals surface area contributed by atoms with Crippen LogP contribution < -0.4 is 0 Å². The van der Waals surface area contributed by atoms with Crippen LogP contribution >= 0.6 is 0 Å². The van der Waals surface area contributed by atoms with E-state index in [1.54, 1.807) is 22.1 Å². The van der Waals surface area contributed by atoms with Crippen LogP contribution in [0.2, 0.25) is 0 Å². The summed E-state index contributed by atoms with van der Waals surface area (Å²) in [6, 6.07) is 14.6. The number of benzene rings is 1. The molecule has 2 aromatic heterocycles. The maximum atomic E-state index is 13.1. The fourth-order valence-corrected chi connectivity index (χ4v) is 5.79. The third kappa shape index (κ3) is 4.04. The molecule has 0 radical (unpaired) electrons. The Balaban J connectivity index is 1.52. The van der Waals surface area contributed by atoms with Gasteiger partial charge in [-0.15, -0.1) is 0 Å². The van der Waals surface area contributed by atoms with E-state index < -0.39 is 10.0 Å². The van der Waals surface area contributed by atoms with Crippen molar-refractivity contribution in [2.45, 2.75) is 51.0 Å². The first-order valence-electron chi connectivity index (χ1n) is 10.5. The standard InChI is InChI=1S/C23H28N4O2S/c1-4-26-16-23(18(3)25-26)30(28,29)27-12-10-20(11-13-27)22-15-21(14-17(2)24-22)19-8-6-5-7-9-19/h5-9,14-16,20H,4,10-13H2,1-3H3. The summed E-state index contributed by atoms with van der Waals surface area (Å²) >= 11 is 0. The third-order valence-corrected chi connectivity index (χ3v) is 7.80. The van der Waals surface area contributed by atoms with Crippen molar-refractivity contribution in [1.29, 1.82) is 0 Å². The number of hydrogen-bond donors (Lipinski definition) is 0. The smallest absolute Gasteiger partial charge is 0.246 e. The summed E-state index contributed by atoms with van der Waals surface area (Å²) in [6.07, 6.45) is 3.18. The van der Waals surface area contributed by atoms with Crippen molar-refractivity contribution >= 4 is 10.0 Å². The van der Waals surface area contributed by atoms with Crippen LogP contribution in [0.5, 0.6) is 0 Å². The average Bonchev–Trinajstić information content (AvgIpc) is 3.16. The Morgan fingerprint density at radius 3 is 2.37 bits per heavy atom. The Kier molecular flexibility index (Phi) is 5.75. The van der Waals surface area contributed by atoms with E-state index in [0.29, 0.717) is 30.2 Å². The van der Waals surface area contributed by atoms with Gasteiger partial charge in [0.2, 0.25) is 10.0 Å². The molecule has 0 bridgehead atoms. The van der Waals surface area contributed by atoms with Gasteiger partial charge in [0, 0.05) is 43.1 Å². The molecule has 4 rings (SSSR count). The molecule has 3 aromatic rings. The van der Waals surface area contributed by atoms with E-state index in [1.165, 1.54) is 5.56 Å². The topological polar surface area (TPSA) is 68.1 Å². The molecule has 0 aliphatic carbocycles. The third-order valence-electron chi connectivity index (χ3n) is 5.80. The van der Waals surface area contributed by atoms with Gasteiger partial charge in [0.1, 0.15) is 4.90 Å². The maximum Gasteiger partial charge on any atom is 0.246 e. The van der Waals surface area contributed by atoms with Gasteiger partial charge in [-0.2, -0.15) is 9.40 Å². The molecule has 1 aliphatic heterocycles. The van der Waals surface area contributed by atoms with Gasteiger partial charge in [-0.1, -0.05) is 30.3 Å². The number of nitrogens with zero attached hydrogens (tertiary/aromatic N) is 4. The lowest BCUT2D eigenvalue weighted by Crippen LogP contribution is -2.38. The molecular weight excluding hydrogens is 396 g/mol. The molecule has 7 heteroatoms. The molecule has 1 fully saturated rings. The molecule has 0 saturated carbocycles. The molecule has 0 unspecified atom stereocenters. The molecule has 1 aromatic carbocycles. The molecule has 6 nitrogen and oxygen atoms in total. The van der Waals surface area contributed by atoms with Crippen LogP contribution in [0.3, 0.4) is 0 Å². The fourth-order valence-electron chi connectivity index (χ4n) is 4.15. The quantitative estimate of drug-likeness (QED) is 0.617. The van der Waals surface area contributed by atoms with Crippen LogP contribution in [0.25, 0.3) is 11.1 Å². The Labute approximate surface area is 178 Å². The van der Waals surface area contributed by atoms with Crippen molar-refractivity contribution in [1.82, 2.24) is 19.1 Å². The molecule has 30 heavy (non-hydrogen) atoms. The summed E-state index contributed by atoms with van der Waals surface area (Å²) in [6.45, 7) is 7.38. The predicted molar refractivity (Wildman–Crippen MR) is 118 cm³/mol. The zero-order chi connectivity index (χ0) is 21.3.